The summed E-state index contributed by atoms with van der Waals surface area (Å²) in [6.07, 6.45) is 0.283. The van der Waals surface area contributed by atoms with E-state index in [1.165, 1.54) is 33.5 Å². The van der Waals surface area contributed by atoms with Crippen LogP contribution in [0.3, 0.4) is 0 Å². The molecule has 10 nitrogen and oxygen atoms in total. The van der Waals surface area contributed by atoms with Gasteiger partial charge >= 0.3 is 0 Å². The summed E-state index contributed by atoms with van der Waals surface area (Å²) in [6.45, 7) is 1.34. The number of sulfonamides is 1. The molecule has 0 saturated carbocycles. The lowest BCUT2D eigenvalue weighted by molar-refractivity contribution is -0.142. The van der Waals surface area contributed by atoms with Crippen molar-refractivity contribution in [3.63, 3.8) is 0 Å². The van der Waals surface area contributed by atoms with Gasteiger partial charge in [-0.15, -0.1) is 0 Å². The molecule has 1 fully saturated rings. The highest BCUT2D eigenvalue weighted by Gasteiger charge is 2.31. The van der Waals surface area contributed by atoms with Crippen molar-refractivity contribution in [2.45, 2.75) is 30.4 Å². The molecule has 0 aliphatic carbocycles. The van der Waals surface area contributed by atoms with Gasteiger partial charge in [0.1, 0.15) is 17.5 Å². The minimum absolute atomic E-state index is 0.137. The maximum absolute atomic E-state index is 14.0. The van der Waals surface area contributed by atoms with Crippen LogP contribution in [-0.2, 0) is 43.9 Å². The lowest BCUT2D eigenvalue weighted by atomic mass is 10.0. The summed E-state index contributed by atoms with van der Waals surface area (Å²) in [5.41, 5.74) is 2.56. The number of ether oxygens (including phenoxy) is 3. The van der Waals surface area contributed by atoms with E-state index in [4.69, 9.17) is 14.2 Å². The summed E-state index contributed by atoms with van der Waals surface area (Å²) in [7, 11) is -2.09. The molecule has 1 heterocycles. The van der Waals surface area contributed by atoms with Crippen molar-refractivity contribution in [2.24, 2.45) is 0 Å². The van der Waals surface area contributed by atoms with Crippen LogP contribution in [0.4, 0.5) is 0 Å². The molecule has 0 spiro atoms. The number of benzene rings is 4. The second-order valence-electron chi connectivity index (χ2n) is 11.0. The van der Waals surface area contributed by atoms with Crippen molar-refractivity contribution in [3.8, 4) is 11.5 Å². The van der Waals surface area contributed by atoms with Crippen molar-refractivity contribution >= 4 is 21.8 Å². The van der Waals surface area contributed by atoms with E-state index in [0.29, 0.717) is 37.8 Å². The van der Waals surface area contributed by atoms with Gasteiger partial charge in [-0.3, -0.25) is 9.59 Å². The SMILES string of the molecule is COc1ccccc1CNC(=O)[C@@H](Cc1ccccc1)N(Cc1ccccc1)C(=O)COc1ccc(S(=O)(=O)N2CCOCC2)cc1. The van der Waals surface area contributed by atoms with Crippen LogP contribution in [0.5, 0.6) is 11.5 Å². The number of morpholine rings is 1. The van der Waals surface area contributed by atoms with Gasteiger partial charge in [-0.1, -0.05) is 78.9 Å². The lowest BCUT2D eigenvalue weighted by Gasteiger charge is -2.31. The zero-order valence-electron chi connectivity index (χ0n) is 26.3. The molecule has 4 aromatic carbocycles. The highest BCUT2D eigenvalue weighted by Crippen LogP contribution is 2.22. The van der Waals surface area contributed by atoms with Gasteiger partial charge in [-0.2, -0.15) is 4.31 Å². The van der Waals surface area contributed by atoms with E-state index < -0.39 is 22.0 Å². The van der Waals surface area contributed by atoms with Gasteiger partial charge in [0, 0.05) is 38.2 Å². The predicted octanol–water partition coefficient (Wildman–Crippen LogP) is 4.05. The maximum atomic E-state index is 14.0. The van der Waals surface area contributed by atoms with Crippen LogP contribution < -0.4 is 14.8 Å². The second kappa shape index (κ2) is 16.2. The molecule has 0 unspecified atom stereocenters. The molecule has 1 atom stereocenters. The van der Waals surface area contributed by atoms with Gasteiger partial charge in [-0.05, 0) is 41.5 Å². The van der Waals surface area contributed by atoms with Crippen molar-refractivity contribution in [3.05, 3.63) is 126 Å². The van der Waals surface area contributed by atoms with Gasteiger partial charge in [-0.25, -0.2) is 8.42 Å². The number of rotatable bonds is 14. The van der Waals surface area contributed by atoms with Crippen LogP contribution in [-0.4, -0.2) is 75.5 Å². The molecule has 47 heavy (non-hydrogen) atoms. The molecule has 1 aliphatic heterocycles. The number of carbonyl (C=O) groups is 2. The Morgan fingerprint density at radius 3 is 2.13 bits per heavy atom. The Kier molecular flexibility index (Phi) is 11.6. The number of hydrogen-bond acceptors (Lipinski definition) is 7. The Balaban J connectivity index is 1.35. The molecule has 1 aliphatic rings. The van der Waals surface area contributed by atoms with Gasteiger partial charge in [0.05, 0.1) is 25.2 Å². The van der Waals surface area contributed by atoms with Crippen molar-refractivity contribution < 1.29 is 32.2 Å². The zero-order valence-corrected chi connectivity index (χ0v) is 27.1. The normalized spacial score (nSPS) is 14.1. The summed E-state index contributed by atoms with van der Waals surface area (Å²) in [4.78, 5) is 29.6. The van der Waals surface area contributed by atoms with E-state index in [1.54, 1.807) is 7.11 Å². The van der Waals surface area contributed by atoms with Crippen LogP contribution >= 0.6 is 0 Å². The molecule has 246 valence electrons. The fourth-order valence-corrected chi connectivity index (χ4v) is 6.76. The highest BCUT2D eigenvalue weighted by atomic mass is 32.2. The third kappa shape index (κ3) is 8.97. The van der Waals surface area contributed by atoms with E-state index in [9.17, 15) is 18.0 Å². The van der Waals surface area contributed by atoms with Crippen molar-refractivity contribution in [2.75, 3.05) is 40.0 Å². The summed E-state index contributed by atoms with van der Waals surface area (Å²) >= 11 is 0. The number of hydrogen-bond donors (Lipinski definition) is 1. The van der Waals surface area contributed by atoms with Crippen molar-refractivity contribution in [1.82, 2.24) is 14.5 Å². The summed E-state index contributed by atoms with van der Waals surface area (Å²) in [6, 6.07) is 31.6. The van der Waals surface area contributed by atoms with Gasteiger partial charge in [0.2, 0.25) is 15.9 Å². The van der Waals surface area contributed by atoms with Crippen LogP contribution in [0, 0.1) is 0 Å². The average molecular weight is 658 g/mol. The fourth-order valence-electron chi connectivity index (χ4n) is 5.36. The third-order valence-electron chi connectivity index (χ3n) is 7.91. The number of carbonyl (C=O) groups excluding carboxylic acids is 2. The second-order valence-corrected chi connectivity index (χ2v) is 13.0. The first-order valence-corrected chi connectivity index (χ1v) is 16.9. The first-order valence-electron chi connectivity index (χ1n) is 15.4. The monoisotopic (exact) mass is 657 g/mol. The van der Waals surface area contributed by atoms with Crippen LogP contribution in [0.2, 0.25) is 0 Å². The van der Waals surface area contributed by atoms with Crippen molar-refractivity contribution in [1.29, 1.82) is 0 Å². The van der Waals surface area contributed by atoms with Gasteiger partial charge in [0.25, 0.3) is 5.91 Å². The highest BCUT2D eigenvalue weighted by molar-refractivity contribution is 7.89. The van der Waals surface area contributed by atoms with Gasteiger partial charge < -0.3 is 24.4 Å². The Hall–Kier alpha value is -4.71. The third-order valence-corrected chi connectivity index (χ3v) is 9.82. The number of para-hydroxylation sites is 1. The molecule has 4 aromatic rings. The molecule has 1 saturated heterocycles. The molecule has 0 radical (unpaired) electrons. The molecule has 2 amide bonds. The molecule has 5 rings (SSSR count). The summed E-state index contributed by atoms with van der Waals surface area (Å²) in [5, 5.41) is 3.01. The van der Waals surface area contributed by atoms with Crippen LogP contribution in [0.15, 0.2) is 114 Å². The minimum Gasteiger partial charge on any atom is -0.496 e. The fraction of sp³-hybridized carbons (Fsp3) is 0.278. The molecule has 0 aromatic heterocycles. The largest absolute Gasteiger partial charge is 0.496 e. The van der Waals surface area contributed by atoms with E-state index in [0.717, 1.165) is 16.7 Å². The first kappa shape index (κ1) is 33.6. The quantitative estimate of drug-likeness (QED) is 0.218. The zero-order chi connectivity index (χ0) is 33.1. The Labute approximate surface area is 275 Å². The maximum Gasteiger partial charge on any atom is 0.261 e. The van der Waals surface area contributed by atoms with Crippen LogP contribution in [0.1, 0.15) is 16.7 Å². The topological polar surface area (TPSA) is 114 Å². The Morgan fingerprint density at radius 1 is 0.851 bits per heavy atom. The Bertz CT molecular complexity index is 1710. The molecule has 1 N–H and O–H groups in total. The summed E-state index contributed by atoms with van der Waals surface area (Å²) in [5.74, 6) is 0.273. The van der Waals surface area contributed by atoms with E-state index in [-0.39, 0.29) is 36.9 Å². The Morgan fingerprint density at radius 2 is 1.47 bits per heavy atom. The molecular weight excluding hydrogens is 618 g/mol. The van der Waals surface area contributed by atoms with E-state index in [2.05, 4.69) is 5.32 Å². The van der Waals surface area contributed by atoms with Crippen LogP contribution in [0.25, 0.3) is 0 Å². The average Bonchev–Trinajstić information content (AvgIpc) is 3.12. The predicted molar refractivity (Wildman–Crippen MR) is 177 cm³/mol. The number of methoxy groups -OCH3 is 1. The molecule has 11 heteroatoms. The van der Waals surface area contributed by atoms with E-state index in [1.807, 2.05) is 84.9 Å². The number of nitrogens with zero attached hydrogens (tertiary/aromatic N) is 2. The first-order chi connectivity index (χ1) is 22.8. The number of amides is 2. The standard InChI is InChI=1S/C36H39N3O7S/c1-44-34-15-9-8-14-30(34)25-37-36(41)33(24-28-10-4-2-5-11-28)39(26-29-12-6-3-7-13-29)35(40)27-46-31-16-18-32(19-17-31)47(42,43)38-20-22-45-23-21-38/h2-19,33H,20-27H2,1H3,(H,37,41)/t33-/m1/s1. The van der Waals surface area contributed by atoms with Gasteiger partial charge in [0.15, 0.2) is 6.61 Å². The molecular formula is C36H39N3O7S. The minimum atomic E-state index is -3.67. The smallest absolute Gasteiger partial charge is 0.261 e. The van der Waals surface area contributed by atoms with E-state index >= 15 is 0 Å². The number of nitrogens with one attached hydrogen (secondary N) is 1. The lowest BCUT2D eigenvalue weighted by Crippen LogP contribution is -2.51. The summed E-state index contributed by atoms with van der Waals surface area (Å²) < 4.78 is 44.0. The molecule has 0 bridgehead atoms.